The van der Waals surface area contributed by atoms with E-state index >= 15 is 0 Å². The highest BCUT2D eigenvalue weighted by Crippen LogP contribution is 2.32. The van der Waals surface area contributed by atoms with Gasteiger partial charge in [-0.1, -0.05) is 44.7 Å². The fraction of sp³-hybridized carbons (Fsp3) is 0.333. The number of hydrogen-bond donors (Lipinski definition) is 0. The molecule has 0 N–H and O–H groups in total. The summed E-state index contributed by atoms with van der Waals surface area (Å²) in [4.78, 5) is 24.4. The van der Waals surface area contributed by atoms with Gasteiger partial charge in [0, 0.05) is 17.6 Å². The van der Waals surface area contributed by atoms with Crippen molar-refractivity contribution in [2.75, 3.05) is 14.2 Å². The first kappa shape index (κ1) is 22.4. The molecule has 0 atom stereocenters. The average molecular weight is 344 g/mol. The molecule has 4 nitrogen and oxygen atoms in total. The number of rotatable bonds is 8. The molecule has 0 aliphatic heterocycles. The van der Waals surface area contributed by atoms with Crippen molar-refractivity contribution in [2.45, 2.75) is 34.1 Å². The van der Waals surface area contributed by atoms with Gasteiger partial charge < -0.3 is 9.47 Å². The molecule has 4 heteroatoms. The maximum absolute atomic E-state index is 12.8. The lowest BCUT2D eigenvalue weighted by atomic mass is 9.94. The van der Waals surface area contributed by atoms with Crippen LogP contribution in [0.1, 0.15) is 43.6 Å². The molecule has 0 heterocycles. The monoisotopic (exact) mass is 344 g/mol. The summed E-state index contributed by atoms with van der Waals surface area (Å²) in [5.74, 6) is 0.703. The van der Waals surface area contributed by atoms with Crippen LogP contribution in [0, 0.1) is 0 Å². The molecule has 1 aromatic rings. The first-order valence-corrected chi connectivity index (χ1v) is 8.22. The number of ether oxygens (including phenoxy) is 2. The molecule has 1 aromatic carbocycles. The largest absolute Gasteiger partial charge is 0.493 e. The van der Waals surface area contributed by atoms with E-state index in [1.165, 1.54) is 21.1 Å². The standard InChI is InChI=1S/C19H22O4.C2H6/c1-6-8-14(9-7-2)19(21)16-12-18(23-5)17(22-4)11-15(16)10-13(3)20;1-2/h6-9,11-12H,1,10H2,2-5H3;1-2H3/b9-7-,14-8+;. The maximum atomic E-state index is 12.8. The third-order valence-electron chi connectivity index (χ3n) is 3.20. The van der Waals surface area contributed by atoms with E-state index in [9.17, 15) is 9.59 Å². The zero-order valence-electron chi connectivity index (χ0n) is 16.0. The number of carbonyl (C=O) groups excluding carboxylic acids is 2. The summed E-state index contributed by atoms with van der Waals surface area (Å²) in [5, 5.41) is 0. The van der Waals surface area contributed by atoms with E-state index in [0.717, 1.165) is 0 Å². The van der Waals surface area contributed by atoms with Crippen LogP contribution in [0.4, 0.5) is 0 Å². The summed E-state index contributed by atoms with van der Waals surface area (Å²) < 4.78 is 10.5. The summed E-state index contributed by atoms with van der Waals surface area (Å²) in [7, 11) is 3.02. The van der Waals surface area contributed by atoms with E-state index < -0.39 is 0 Å². The minimum atomic E-state index is -0.194. The molecule has 136 valence electrons. The van der Waals surface area contributed by atoms with Crippen LogP contribution in [-0.2, 0) is 11.2 Å². The van der Waals surface area contributed by atoms with Crippen LogP contribution in [-0.4, -0.2) is 25.8 Å². The third-order valence-corrected chi connectivity index (χ3v) is 3.20. The van der Waals surface area contributed by atoms with Crippen LogP contribution in [0.2, 0.25) is 0 Å². The predicted octanol–water partition coefficient (Wildman–Crippen LogP) is 4.73. The number of allylic oxidation sites excluding steroid dienone is 5. The Morgan fingerprint density at radius 2 is 1.68 bits per heavy atom. The van der Waals surface area contributed by atoms with Gasteiger partial charge in [-0.25, -0.2) is 0 Å². The van der Waals surface area contributed by atoms with Crippen LogP contribution < -0.4 is 9.47 Å². The van der Waals surface area contributed by atoms with Crippen molar-refractivity contribution in [3.05, 3.63) is 59.7 Å². The maximum Gasteiger partial charge on any atom is 0.193 e. The van der Waals surface area contributed by atoms with Crippen molar-refractivity contribution >= 4 is 11.6 Å². The number of carbonyl (C=O) groups is 2. The van der Waals surface area contributed by atoms with Crippen molar-refractivity contribution in [1.29, 1.82) is 0 Å². The lowest BCUT2D eigenvalue weighted by molar-refractivity contribution is -0.116. The Bertz CT molecular complexity index is 667. The smallest absolute Gasteiger partial charge is 0.193 e. The molecule has 0 saturated heterocycles. The topological polar surface area (TPSA) is 52.6 Å². The molecular formula is C21H28O4. The summed E-state index contributed by atoms with van der Waals surface area (Å²) >= 11 is 0. The second kappa shape index (κ2) is 11.8. The number of Topliss-reactive ketones (excluding diaryl/α,β-unsaturated/α-hetero) is 2. The molecule has 0 radical (unpaired) electrons. The molecule has 0 aromatic heterocycles. The van der Waals surface area contributed by atoms with Crippen molar-refractivity contribution in [2.24, 2.45) is 0 Å². The third kappa shape index (κ3) is 6.42. The number of methoxy groups -OCH3 is 2. The Balaban J connectivity index is 0.00000277. The van der Waals surface area contributed by atoms with Gasteiger partial charge in [-0.2, -0.15) is 0 Å². The van der Waals surface area contributed by atoms with E-state index in [-0.39, 0.29) is 18.0 Å². The Hall–Kier alpha value is -2.62. The molecule has 0 saturated carbocycles. The minimum absolute atomic E-state index is 0.0356. The predicted molar refractivity (Wildman–Crippen MR) is 103 cm³/mol. The summed E-state index contributed by atoms with van der Waals surface area (Å²) in [6, 6.07) is 3.29. The molecule has 1 rings (SSSR count). The zero-order chi connectivity index (χ0) is 19.4. The molecule has 0 fully saturated rings. The molecule has 25 heavy (non-hydrogen) atoms. The highest BCUT2D eigenvalue weighted by atomic mass is 16.5. The Kier molecular flexibility index (Phi) is 10.6. The lowest BCUT2D eigenvalue weighted by Gasteiger charge is -2.14. The molecule has 0 aliphatic rings. The summed E-state index contributed by atoms with van der Waals surface area (Å²) in [6.07, 6.45) is 6.82. The molecule has 0 unspecified atom stereocenters. The Morgan fingerprint density at radius 3 is 2.12 bits per heavy atom. The van der Waals surface area contributed by atoms with Gasteiger partial charge in [0.2, 0.25) is 0 Å². The first-order chi connectivity index (χ1) is 12.0. The number of benzene rings is 1. The second-order valence-corrected chi connectivity index (χ2v) is 4.93. The molecule has 0 bridgehead atoms. The van der Waals surface area contributed by atoms with Gasteiger partial charge in [-0.3, -0.25) is 9.59 Å². The molecule has 0 amide bonds. The van der Waals surface area contributed by atoms with Crippen LogP contribution in [0.25, 0.3) is 0 Å². The molecular weight excluding hydrogens is 316 g/mol. The minimum Gasteiger partial charge on any atom is -0.493 e. The van der Waals surface area contributed by atoms with E-state index in [2.05, 4.69) is 6.58 Å². The van der Waals surface area contributed by atoms with E-state index in [1.807, 2.05) is 20.8 Å². The second-order valence-electron chi connectivity index (χ2n) is 4.93. The van der Waals surface area contributed by atoms with Gasteiger partial charge in [0.1, 0.15) is 5.78 Å². The van der Waals surface area contributed by atoms with Crippen molar-refractivity contribution in [3.8, 4) is 11.5 Å². The van der Waals surface area contributed by atoms with E-state index in [4.69, 9.17) is 9.47 Å². The van der Waals surface area contributed by atoms with Gasteiger partial charge in [0.05, 0.1) is 14.2 Å². The summed E-state index contributed by atoms with van der Waals surface area (Å²) in [6.45, 7) is 10.9. The van der Waals surface area contributed by atoms with Gasteiger partial charge >= 0.3 is 0 Å². The quantitative estimate of drug-likeness (QED) is 0.388. The van der Waals surface area contributed by atoms with Gasteiger partial charge in [0.25, 0.3) is 0 Å². The Morgan fingerprint density at radius 1 is 1.12 bits per heavy atom. The van der Waals surface area contributed by atoms with Crippen molar-refractivity contribution in [1.82, 2.24) is 0 Å². The highest BCUT2D eigenvalue weighted by molar-refractivity contribution is 6.12. The van der Waals surface area contributed by atoms with Crippen molar-refractivity contribution < 1.29 is 19.1 Å². The summed E-state index contributed by atoms with van der Waals surface area (Å²) in [5.41, 5.74) is 1.52. The van der Waals surface area contributed by atoms with E-state index in [1.54, 1.807) is 36.4 Å². The van der Waals surface area contributed by atoms with E-state index in [0.29, 0.717) is 28.2 Å². The fourth-order valence-electron chi connectivity index (χ4n) is 2.22. The van der Waals surface area contributed by atoms with Crippen LogP contribution in [0.3, 0.4) is 0 Å². The van der Waals surface area contributed by atoms with Gasteiger partial charge in [-0.15, -0.1) is 0 Å². The van der Waals surface area contributed by atoms with Crippen LogP contribution in [0.5, 0.6) is 11.5 Å². The Labute approximate surface area is 150 Å². The lowest BCUT2D eigenvalue weighted by Crippen LogP contribution is -2.10. The number of hydrogen-bond acceptors (Lipinski definition) is 4. The van der Waals surface area contributed by atoms with Crippen LogP contribution >= 0.6 is 0 Å². The van der Waals surface area contributed by atoms with Crippen molar-refractivity contribution in [3.63, 3.8) is 0 Å². The normalized spacial score (nSPS) is 10.7. The first-order valence-electron chi connectivity index (χ1n) is 8.22. The zero-order valence-corrected chi connectivity index (χ0v) is 16.0. The average Bonchev–Trinajstić information content (AvgIpc) is 2.61. The molecule has 0 spiro atoms. The number of ketones is 2. The fourth-order valence-corrected chi connectivity index (χ4v) is 2.22. The molecule has 0 aliphatic carbocycles. The van der Waals surface area contributed by atoms with Crippen LogP contribution in [0.15, 0.2) is 48.6 Å². The van der Waals surface area contributed by atoms with Gasteiger partial charge in [-0.05, 0) is 31.5 Å². The van der Waals surface area contributed by atoms with Gasteiger partial charge in [0.15, 0.2) is 17.3 Å². The SMILES string of the molecule is C=C/C=C(\C=C/C)C(=O)c1cc(OC)c(OC)cc1CC(C)=O.CC. The highest BCUT2D eigenvalue weighted by Gasteiger charge is 2.19.